The van der Waals surface area contributed by atoms with Gasteiger partial charge < -0.3 is 10.5 Å². The van der Waals surface area contributed by atoms with Crippen LogP contribution in [0, 0.1) is 0 Å². The van der Waals surface area contributed by atoms with E-state index in [0.717, 1.165) is 5.56 Å². The quantitative estimate of drug-likeness (QED) is 0.468. The summed E-state index contributed by atoms with van der Waals surface area (Å²) in [7, 11) is 1.33. The van der Waals surface area contributed by atoms with Crippen LogP contribution in [-0.2, 0) is 4.74 Å². The summed E-state index contributed by atoms with van der Waals surface area (Å²) in [6.07, 6.45) is 3.69. The number of ether oxygens (including phenoxy) is 1. The van der Waals surface area contributed by atoms with Gasteiger partial charge in [0.15, 0.2) is 0 Å². The number of nitrogen functional groups attached to an aromatic ring is 1. The summed E-state index contributed by atoms with van der Waals surface area (Å²) in [5.74, 6) is 0.204. The number of hydrogen-bond donors (Lipinski definition) is 2. The number of thiol groups is 1. The van der Waals surface area contributed by atoms with Crippen LogP contribution in [0.4, 0.5) is 5.69 Å². The molecule has 0 aromatic heterocycles. The molecule has 0 spiro atoms. The smallest absolute Gasteiger partial charge is 0.339 e. The van der Waals surface area contributed by atoms with E-state index in [-0.39, 0.29) is 0 Å². The highest BCUT2D eigenvalue weighted by Gasteiger charge is 2.10. The Labute approximate surface area is 94.3 Å². The van der Waals surface area contributed by atoms with Crippen molar-refractivity contribution in [2.75, 3.05) is 18.6 Å². The summed E-state index contributed by atoms with van der Waals surface area (Å²) in [6.45, 7) is 0. The minimum absolute atomic E-state index is 0.388. The highest BCUT2D eigenvalue weighted by Crippen LogP contribution is 2.19. The standard InChI is InChI=1S/C11H13NO2S/c1-14-11(13)9-6-2-4-8(10(9)12)5-3-7-15/h2-6,15H,7,12H2,1H3. The van der Waals surface area contributed by atoms with Crippen molar-refractivity contribution < 1.29 is 9.53 Å². The molecule has 1 aromatic carbocycles. The fourth-order valence-electron chi connectivity index (χ4n) is 1.20. The minimum Gasteiger partial charge on any atom is -0.465 e. The van der Waals surface area contributed by atoms with E-state index in [1.165, 1.54) is 7.11 Å². The van der Waals surface area contributed by atoms with Gasteiger partial charge >= 0.3 is 5.97 Å². The zero-order valence-corrected chi connectivity index (χ0v) is 9.33. The number of rotatable bonds is 3. The van der Waals surface area contributed by atoms with Crippen molar-refractivity contribution in [2.24, 2.45) is 0 Å². The number of carbonyl (C=O) groups excluding carboxylic acids is 1. The lowest BCUT2D eigenvalue weighted by molar-refractivity contribution is 0.0602. The Morgan fingerprint density at radius 1 is 1.60 bits per heavy atom. The first-order valence-electron chi connectivity index (χ1n) is 4.45. The Kier molecular flexibility index (Phi) is 4.24. The molecular formula is C11H13NO2S. The van der Waals surface area contributed by atoms with Crippen molar-refractivity contribution in [3.63, 3.8) is 0 Å². The maximum atomic E-state index is 11.3. The highest BCUT2D eigenvalue weighted by molar-refractivity contribution is 7.80. The van der Waals surface area contributed by atoms with E-state index in [0.29, 0.717) is 17.0 Å². The Bertz CT molecular complexity index is 388. The lowest BCUT2D eigenvalue weighted by atomic mass is 10.1. The number of nitrogens with two attached hydrogens (primary N) is 1. The molecule has 0 heterocycles. The molecule has 0 amide bonds. The van der Waals surface area contributed by atoms with Gasteiger partial charge in [-0.1, -0.05) is 24.3 Å². The summed E-state index contributed by atoms with van der Waals surface area (Å²) >= 11 is 4.05. The average Bonchev–Trinajstić information content (AvgIpc) is 2.27. The molecule has 3 nitrogen and oxygen atoms in total. The van der Waals surface area contributed by atoms with Crippen molar-refractivity contribution in [3.05, 3.63) is 35.4 Å². The second-order valence-electron chi connectivity index (χ2n) is 2.89. The second kappa shape index (κ2) is 5.46. The molecule has 0 saturated carbocycles. The van der Waals surface area contributed by atoms with E-state index in [4.69, 9.17) is 5.73 Å². The molecular weight excluding hydrogens is 210 g/mol. The van der Waals surface area contributed by atoms with Crippen LogP contribution in [0.2, 0.25) is 0 Å². The molecule has 1 rings (SSSR count). The largest absolute Gasteiger partial charge is 0.465 e. The molecule has 15 heavy (non-hydrogen) atoms. The monoisotopic (exact) mass is 223 g/mol. The van der Waals surface area contributed by atoms with E-state index in [1.54, 1.807) is 12.1 Å². The van der Waals surface area contributed by atoms with Crippen LogP contribution in [-0.4, -0.2) is 18.8 Å². The van der Waals surface area contributed by atoms with Crippen LogP contribution in [0.1, 0.15) is 15.9 Å². The lowest BCUT2D eigenvalue weighted by Crippen LogP contribution is -2.06. The third kappa shape index (κ3) is 2.76. The highest BCUT2D eigenvalue weighted by atomic mass is 32.1. The molecule has 0 unspecified atom stereocenters. The topological polar surface area (TPSA) is 52.3 Å². The van der Waals surface area contributed by atoms with Crippen molar-refractivity contribution in [2.45, 2.75) is 0 Å². The molecule has 0 fully saturated rings. The van der Waals surface area contributed by atoms with Crippen LogP contribution < -0.4 is 5.73 Å². The first-order valence-corrected chi connectivity index (χ1v) is 5.08. The lowest BCUT2D eigenvalue weighted by Gasteiger charge is -2.06. The number of benzene rings is 1. The van der Waals surface area contributed by atoms with E-state index in [9.17, 15) is 4.79 Å². The fraction of sp³-hybridized carbons (Fsp3) is 0.182. The second-order valence-corrected chi connectivity index (χ2v) is 3.25. The third-order valence-electron chi connectivity index (χ3n) is 1.95. The SMILES string of the molecule is COC(=O)c1cccc(C=CCS)c1N. The molecule has 1 aromatic rings. The normalized spacial score (nSPS) is 10.5. The molecule has 0 bridgehead atoms. The van der Waals surface area contributed by atoms with Gasteiger partial charge in [-0.25, -0.2) is 4.79 Å². The van der Waals surface area contributed by atoms with Gasteiger partial charge in [-0.2, -0.15) is 12.6 Å². The molecule has 4 heteroatoms. The van der Waals surface area contributed by atoms with Crippen LogP contribution >= 0.6 is 12.6 Å². The van der Waals surface area contributed by atoms with Crippen LogP contribution in [0.15, 0.2) is 24.3 Å². The Morgan fingerprint density at radius 3 is 2.93 bits per heavy atom. The number of methoxy groups -OCH3 is 1. The van der Waals surface area contributed by atoms with Gasteiger partial charge in [-0.05, 0) is 11.6 Å². The molecule has 0 radical (unpaired) electrons. The summed E-state index contributed by atoms with van der Waals surface area (Å²) in [5.41, 5.74) is 7.44. The summed E-state index contributed by atoms with van der Waals surface area (Å²) < 4.78 is 4.62. The van der Waals surface area contributed by atoms with Crippen molar-refractivity contribution in [1.29, 1.82) is 0 Å². The van der Waals surface area contributed by atoms with E-state index >= 15 is 0 Å². The van der Waals surface area contributed by atoms with Gasteiger partial charge in [-0.3, -0.25) is 0 Å². The molecule has 0 aliphatic carbocycles. The zero-order chi connectivity index (χ0) is 11.3. The first-order chi connectivity index (χ1) is 7.20. The number of para-hydroxylation sites is 1. The average molecular weight is 223 g/mol. The number of anilines is 1. The molecule has 80 valence electrons. The Balaban J connectivity index is 3.11. The van der Waals surface area contributed by atoms with Gasteiger partial charge in [0.25, 0.3) is 0 Å². The molecule has 0 aliphatic rings. The van der Waals surface area contributed by atoms with Gasteiger partial charge in [0.2, 0.25) is 0 Å². The maximum Gasteiger partial charge on any atom is 0.339 e. The van der Waals surface area contributed by atoms with Gasteiger partial charge in [0.05, 0.1) is 18.4 Å². The van der Waals surface area contributed by atoms with Gasteiger partial charge in [0.1, 0.15) is 0 Å². The van der Waals surface area contributed by atoms with Crippen LogP contribution in [0.25, 0.3) is 6.08 Å². The van der Waals surface area contributed by atoms with Gasteiger partial charge in [-0.15, -0.1) is 0 Å². The van der Waals surface area contributed by atoms with Crippen molar-refractivity contribution in [3.8, 4) is 0 Å². The summed E-state index contributed by atoms with van der Waals surface area (Å²) in [5, 5.41) is 0. The van der Waals surface area contributed by atoms with E-state index in [1.807, 2.05) is 18.2 Å². The van der Waals surface area contributed by atoms with Crippen LogP contribution in [0.3, 0.4) is 0 Å². The first kappa shape index (κ1) is 11.7. The predicted octanol–water partition coefficient (Wildman–Crippen LogP) is 2.00. The fourth-order valence-corrected chi connectivity index (χ4v) is 1.30. The predicted molar refractivity (Wildman–Crippen MR) is 65.1 cm³/mol. The Hall–Kier alpha value is -1.42. The summed E-state index contributed by atoms with van der Waals surface area (Å²) in [6, 6.07) is 5.24. The van der Waals surface area contributed by atoms with Crippen molar-refractivity contribution in [1.82, 2.24) is 0 Å². The number of carbonyl (C=O) groups is 1. The minimum atomic E-state index is -0.423. The molecule has 0 saturated heterocycles. The Morgan fingerprint density at radius 2 is 2.33 bits per heavy atom. The zero-order valence-electron chi connectivity index (χ0n) is 8.43. The molecule has 2 N–H and O–H groups in total. The third-order valence-corrected chi connectivity index (χ3v) is 2.16. The number of hydrogen-bond acceptors (Lipinski definition) is 4. The van der Waals surface area contributed by atoms with E-state index < -0.39 is 5.97 Å². The molecule has 0 atom stereocenters. The van der Waals surface area contributed by atoms with Crippen molar-refractivity contribution >= 4 is 30.4 Å². The molecule has 0 aliphatic heterocycles. The summed E-state index contributed by atoms with van der Waals surface area (Å²) in [4.78, 5) is 11.3. The number of esters is 1. The van der Waals surface area contributed by atoms with Gasteiger partial charge in [0, 0.05) is 5.75 Å². The maximum absolute atomic E-state index is 11.3. The van der Waals surface area contributed by atoms with E-state index in [2.05, 4.69) is 17.4 Å². The van der Waals surface area contributed by atoms with Crippen LogP contribution in [0.5, 0.6) is 0 Å².